The second-order valence-electron chi connectivity index (χ2n) is 4.39. The lowest BCUT2D eigenvalue weighted by atomic mass is 10.2. The van der Waals surface area contributed by atoms with Gasteiger partial charge in [-0.3, -0.25) is 4.72 Å². The second kappa shape index (κ2) is 5.56. The molecule has 0 unspecified atom stereocenters. The van der Waals surface area contributed by atoms with Gasteiger partial charge >= 0.3 is 0 Å². The smallest absolute Gasteiger partial charge is 0.264 e. The van der Waals surface area contributed by atoms with Crippen molar-refractivity contribution in [2.75, 3.05) is 10.5 Å². The third-order valence-corrected chi connectivity index (χ3v) is 6.05. The molecule has 0 fully saturated rings. The van der Waals surface area contributed by atoms with Gasteiger partial charge in [-0.15, -0.1) is 11.3 Å². The fourth-order valence-electron chi connectivity index (χ4n) is 1.74. The van der Waals surface area contributed by atoms with E-state index in [2.05, 4.69) is 4.72 Å². The van der Waals surface area contributed by atoms with Crippen molar-refractivity contribution in [3.63, 3.8) is 0 Å². The van der Waals surface area contributed by atoms with Crippen LogP contribution in [0.4, 0.5) is 10.7 Å². The molecule has 2 rings (SSSR count). The number of nitrogens with two attached hydrogens (primary N) is 1. The molecule has 0 spiro atoms. The number of halogens is 1. The zero-order chi connectivity index (χ0) is 15.8. The SMILES string of the molecule is Cc1sc(NS(=O)(=O)c2cc(N)ccc2Cl)c(C#N)c1C. The number of nitrogen functional groups attached to an aromatic ring is 1. The van der Waals surface area contributed by atoms with E-state index in [1.807, 2.05) is 13.0 Å². The molecular formula is C13H12ClN3O2S2. The Bertz CT molecular complexity index is 851. The van der Waals surface area contributed by atoms with E-state index in [1.54, 1.807) is 6.92 Å². The fraction of sp³-hybridized carbons (Fsp3) is 0.154. The average molecular weight is 342 g/mol. The summed E-state index contributed by atoms with van der Waals surface area (Å²) in [6, 6.07) is 6.23. The number of nitrogens with one attached hydrogen (secondary N) is 1. The van der Waals surface area contributed by atoms with Crippen LogP contribution in [0.15, 0.2) is 23.1 Å². The molecule has 3 N–H and O–H groups in total. The Labute approximate surface area is 132 Å². The first-order chi connectivity index (χ1) is 9.76. The van der Waals surface area contributed by atoms with Crippen molar-refractivity contribution in [1.29, 1.82) is 5.26 Å². The number of nitriles is 1. The average Bonchev–Trinajstić information content (AvgIpc) is 2.66. The molecule has 21 heavy (non-hydrogen) atoms. The lowest BCUT2D eigenvalue weighted by Crippen LogP contribution is -2.13. The van der Waals surface area contributed by atoms with Gasteiger partial charge in [-0.25, -0.2) is 8.42 Å². The van der Waals surface area contributed by atoms with Crippen LogP contribution in [0.25, 0.3) is 0 Å². The maximum Gasteiger partial charge on any atom is 0.264 e. The normalized spacial score (nSPS) is 11.1. The van der Waals surface area contributed by atoms with Crippen LogP contribution in [0.3, 0.4) is 0 Å². The zero-order valence-corrected chi connectivity index (χ0v) is 13.7. The Hall–Kier alpha value is -1.75. The number of anilines is 2. The van der Waals surface area contributed by atoms with E-state index in [4.69, 9.17) is 22.6 Å². The van der Waals surface area contributed by atoms with Crippen LogP contribution in [0.2, 0.25) is 5.02 Å². The summed E-state index contributed by atoms with van der Waals surface area (Å²) in [4.78, 5) is 0.764. The van der Waals surface area contributed by atoms with Gasteiger partial charge in [-0.1, -0.05) is 11.6 Å². The Balaban J connectivity index is 2.50. The van der Waals surface area contributed by atoms with E-state index >= 15 is 0 Å². The van der Waals surface area contributed by atoms with Crippen molar-refractivity contribution in [3.8, 4) is 6.07 Å². The minimum atomic E-state index is -3.91. The predicted octanol–water partition coefficient (Wildman–Crippen LogP) is 3.27. The molecule has 0 saturated heterocycles. The highest BCUT2D eigenvalue weighted by Gasteiger charge is 2.22. The molecule has 0 aliphatic carbocycles. The van der Waals surface area contributed by atoms with Gasteiger partial charge in [0.15, 0.2) is 0 Å². The number of hydrogen-bond acceptors (Lipinski definition) is 5. The zero-order valence-electron chi connectivity index (χ0n) is 11.3. The molecule has 0 radical (unpaired) electrons. The molecule has 1 aromatic heterocycles. The molecule has 1 heterocycles. The quantitative estimate of drug-likeness (QED) is 0.837. The number of sulfonamides is 1. The van der Waals surface area contributed by atoms with Crippen LogP contribution in [0.5, 0.6) is 0 Å². The first-order valence-electron chi connectivity index (χ1n) is 5.84. The Kier molecular flexibility index (Phi) is 4.14. The highest BCUT2D eigenvalue weighted by atomic mass is 35.5. The van der Waals surface area contributed by atoms with Gasteiger partial charge in [0, 0.05) is 10.6 Å². The lowest BCUT2D eigenvalue weighted by Gasteiger charge is -2.09. The molecule has 2 aromatic rings. The Morgan fingerprint density at radius 3 is 2.67 bits per heavy atom. The van der Waals surface area contributed by atoms with Crippen LogP contribution < -0.4 is 10.5 Å². The number of thiophene rings is 1. The number of rotatable bonds is 3. The molecule has 0 saturated carbocycles. The molecule has 110 valence electrons. The summed E-state index contributed by atoms with van der Waals surface area (Å²) in [6.45, 7) is 3.60. The fourth-order valence-corrected chi connectivity index (χ4v) is 4.59. The Morgan fingerprint density at radius 2 is 2.05 bits per heavy atom. The summed E-state index contributed by atoms with van der Waals surface area (Å²) < 4.78 is 27.2. The molecule has 5 nitrogen and oxygen atoms in total. The van der Waals surface area contributed by atoms with Gasteiger partial charge in [-0.05, 0) is 37.6 Å². The highest BCUT2D eigenvalue weighted by molar-refractivity contribution is 7.93. The molecule has 0 aliphatic rings. The highest BCUT2D eigenvalue weighted by Crippen LogP contribution is 2.34. The van der Waals surface area contributed by atoms with Crippen LogP contribution >= 0.6 is 22.9 Å². The molecule has 1 aromatic carbocycles. The van der Waals surface area contributed by atoms with Crippen LogP contribution in [-0.2, 0) is 10.0 Å². The van der Waals surface area contributed by atoms with Crippen molar-refractivity contribution >= 4 is 43.6 Å². The first-order valence-corrected chi connectivity index (χ1v) is 8.52. The van der Waals surface area contributed by atoms with Crippen molar-refractivity contribution in [2.45, 2.75) is 18.7 Å². The van der Waals surface area contributed by atoms with Crippen molar-refractivity contribution in [2.24, 2.45) is 0 Å². The van der Waals surface area contributed by atoms with Gasteiger partial charge < -0.3 is 5.73 Å². The van der Waals surface area contributed by atoms with E-state index < -0.39 is 10.0 Å². The first kappa shape index (κ1) is 15.6. The molecular weight excluding hydrogens is 330 g/mol. The predicted molar refractivity (Wildman–Crippen MR) is 85.2 cm³/mol. The van der Waals surface area contributed by atoms with Crippen LogP contribution in [0.1, 0.15) is 16.0 Å². The van der Waals surface area contributed by atoms with E-state index in [9.17, 15) is 8.42 Å². The maximum atomic E-state index is 12.4. The van der Waals surface area contributed by atoms with E-state index in [-0.39, 0.29) is 14.9 Å². The third-order valence-electron chi connectivity index (χ3n) is 2.97. The number of hydrogen-bond donors (Lipinski definition) is 2. The standard InChI is InChI=1S/C13H12ClN3O2S2/c1-7-8(2)20-13(10(7)6-15)17-21(18,19)12-5-9(16)3-4-11(12)14/h3-5,17H,16H2,1-2H3. The second-order valence-corrected chi connectivity index (χ2v) is 7.68. The molecule has 0 atom stereocenters. The summed E-state index contributed by atoms with van der Waals surface area (Å²) in [5.41, 5.74) is 6.98. The van der Waals surface area contributed by atoms with E-state index in [1.165, 1.54) is 29.5 Å². The molecule has 0 amide bonds. The van der Waals surface area contributed by atoms with Gasteiger partial charge in [0.05, 0.1) is 10.6 Å². The van der Waals surface area contributed by atoms with Crippen molar-refractivity contribution in [3.05, 3.63) is 39.2 Å². The number of aryl methyl sites for hydroxylation is 1. The van der Waals surface area contributed by atoms with Gasteiger partial charge in [0.2, 0.25) is 0 Å². The van der Waals surface area contributed by atoms with Crippen LogP contribution in [0, 0.1) is 25.2 Å². The Morgan fingerprint density at radius 1 is 1.38 bits per heavy atom. The molecule has 0 bridgehead atoms. The van der Waals surface area contributed by atoms with Crippen LogP contribution in [-0.4, -0.2) is 8.42 Å². The summed E-state index contributed by atoms with van der Waals surface area (Å²) in [5, 5.41) is 9.51. The minimum Gasteiger partial charge on any atom is -0.399 e. The number of nitrogens with zero attached hydrogens (tertiary/aromatic N) is 1. The van der Waals surface area contributed by atoms with Gasteiger partial charge in [-0.2, -0.15) is 5.26 Å². The summed E-state index contributed by atoms with van der Waals surface area (Å²) in [5.74, 6) is 0. The summed E-state index contributed by atoms with van der Waals surface area (Å²) in [6.07, 6.45) is 0. The van der Waals surface area contributed by atoms with Gasteiger partial charge in [0.1, 0.15) is 16.0 Å². The van der Waals surface area contributed by atoms with E-state index in [0.717, 1.165) is 10.4 Å². The minimum absolute atomic E-state index is 0.0696. The monoisotopic (exact) mass is 341 g/mol. The topological polar surface area (TPSA) is 96.0 Å². The summed E-state index contributed by atoms with van der Waals surface area (Å²) in [7, 11) is -3.91. The van der Waals surface area contributed by atoms with E-state index in [0.29, 0.717) is 11.3 Å². The van der Waals surface area contributed by atoms with Crippen molar-refractivity contribution < 1.29 is 8.42 Å². The van der Waals surface area contributed by atoms with Crippen molar-refractivity contribution in [1.82, 2.24) is 0 Å². The largest absolute Gasteiger partial charge is 0.399 e. The lowest BCUT2D eigenvalue weighted by molar-refractivity contribution is 0.601. The molecule has 8 heteroatoms. The van der Waals surface area contributed by atoms with Gasteiger partial charge in [0.25, 0.3) is 10.0 Å². The maximum absolute atomic E-state index is 12.4. The summed E-state index contributed by atoms with van der Waals surface area (Å²) >= 11 is 7.13. The molecule has 0 aliphatic heterocycles. The third kappa shape index (κ3) is 2.97. The number of benzene rings is 1.